The molecule has 0 aliphatic heterocycles. The van der Waals surface area contributed by atoms with Crippen LogP contribution in [0.4, 0.5) is 0 Å². The van der Waals surface area contributed by atoms with E-state index in [2.05, 4.69) is 23.5 Å². The van der Waals surface area contributed by atoms with Gasteiger partial charge in [-0.25, -0.2) is 5.43 Å². The Balaban J connectivity index is 2.38. The molecule has 1 atom stereocenters. The summed E-state index contributed by atoms with van der Waals surface area (Å²) < 4.78 is 0. The van der Waals surface area contributed by atoms with Crippen molar-refractivity contribution in [1.82, 2.24) is 10.9 Å². The van der Waals surface area contributed by atoms with Gasteiger partial charge in [0, 0.05) is 5.75 Å². The minimum atomic E-state index is -1.06. The molecular weight excluding hydrogens is 240 g/mol. The van der Waals surface area contributed by atoms with E-state index < -0.39 is 12.0 Å². The fraction of sp³-hybridized carbons (Fsp3) is 0.273. The van der Waals surface area contributed by atoms with Gasteiger partial charge in [-0.3, -0.25) is 15.0 Å². The van der Waals surface area contributed by atoms with Crippen LogP contribution in [0.3, 0.4) is 0 Å². The number of aliphatic carboxylic acids is 1. The number of benzene rings is 1. The monoisotopic (exact) mass is 254 g/mol. The highest BCUT2D eigenvalue weighted by molar-refractivity contribution is 7.80. The van der Waals surface area contributed by atoms with E-state index in [4.69, 9.17) is 5.11 Å². The summed E-state index contributed by atoms with van der Waals surface area (Å²) in [5, 5.41) is 8.71. The molecule has 0 aliphatic carbocycles. The lowest BCUT2D eigenvalue weighted by atomic mass is 10.1. The highest BCUT2D eigenvalue weighted by Gasteiger charge is 2.15. The third kappa shape index (κ3) is 4.88. The average Bonchev–Trinajstić information content (AvgIpc) is 2.30. The van der Waals surface area contributed by atoms with Crippen molar-refractivity contribution in [1.29, 1.82) is 0 Å². The average molecular weight is 254 g/mol. The first-order valence-corrected chi connectivity index (χ1v) is 5.68. The van der Waals surface area contributed by atoms with Crippen LogP contribution in [0, 0.1) is 0 Å². The SMILES string of the molecule is O=C(Cc1ccccc1)NN[C@@H](CS)C(=O)O. The summed E-state index contributed by atoms with van der Waals surface area (Å²) in [6, 6.07) is 8.30. The second kappa shape index (κ2) is 6.93. The van der Waals surface area contributed by atoms with Gasteiger partial charge in [0.2, 0.25) is 5.91 Å². The molecule has 0 aliphatic rings. The van der Waals surface area contributed by atoms with Crippen molar-refractivity contribution in [2.75, 3.05) is 5.75 Å². The first-order chi connectivity index (χ1) is 8.13. The van der Waals surface area contributed by atoms with Crippen LogP contribution in [0.5, 0.6) is 0 Å². The van der Waals surface area contributed by atoms with Gasteiger partial charge >= 0.3 is 5.97 Å². The van der Waals surface area contributed by atoms with Crippen molar-refractivity contribution in [3.63, 3.8) is 0 Å². The molecule has 0 fully saturated rings. The molecule has 1 amide bonds. The molecule has 0 heterocycles. The number of nitrogens with one attached hydrogen (secondary N) is 2. The second-order valence-corrected chi connectivity index (χ2v) is 3.79. The number of hydrogen-bond acceptors (Lipinski definition) is 4. The van der Waals surface area contributed by atoms with E-state index in [1.54, 1.807) is 0 Å². The number of carbonyl (C=O) groups is 2. The van der Waals surface area contributed by atoms with Gasteiger partial charge in [0.15, 0.2) is 0 Å². The Kier molecular flexibility index (Phi) is 5.51. The standard InChI is InChI=1S/C11H14N2O3S/c14-10(6-8-4-2-1-3-5-8)13-12-9(7-17)11(15)16/h1-5,9,12,17H,6-7H2,(H,13,14)(H,15,16)/t9-/m0/s1. The first-order valence-electron chi connectivity index (χ1n) is 5.05. The summed E-state index contributed by atoms with van der Waals surface area (Å²) in [7, 11) is 0. The van der Waals surface area contributed by atoms with E-state index in [9.17, 15) is 9.59 Å². The predicted molar refractivity (Wildman–Crippen MR) is 66.7 cm³/mol. The van der Waals surface area contributed by atoms with E-state index in [0.29, 0.717) is 0 Å². The fourth-order valence-corrected chi connectivity index (χ4v) is 1.43. The summed E-state index contributed by atoms with van der Waals surface area (Å²) in [5.74, 6) is -1.25. The molecule has 3 N–H and O–H groups in total. The van der Waals surface area contributed by atoms with Crippen LogP contribution in [0.15, 0.2) is 30.3 Å². The maximum atomic E-state index is 11.5. The van der Waals surface area contributed by atoms with Crippen LogP contribution >= 0.6 is 12.6 Å². The number of carboxylic acids is 1. The molecular formula is C11H14N2O3S. The van der Waals surface area contributed by atoms with E-state index in [0.717, 1.165) is 5.56 Å². The van der Waals surface area contributed by atoms with Crippen molar-refractivity contribution in [2.24, 2.45) is 0 Å². The van der Waals surface area contributed by atoms with Crippen molar-refractivity contribution in [3.8, 4) is 0 Å². The van der Waals surface area contributed by atoms with Crippen LogP contribution in [0.2, 0.25) is 0 Å². The molecule has 6 heteroatoms. The largest absolute Gasteiger partial charge is 0.480 e. The molecule has 0 saturated carbocycles. The third-order valence-corrected chi connectivity index (χ3v) is 2.44. The predicted octanol–water partition coefficient (Wildman–Crippen LogP) is 0.233. The topological polar surface area (TPSA) is 78.4 Å². The van der Waals surface area contributed by atoms with Gasteiger partial charge in [-0.2, -0.15) is 12.6 Å². The molecule has 1 aromatic carbocycles. The van der Waals surface area contributed by atoms with Crippen LogP contribution in [0.25, 0.3) is 0 Å². The van der Waals surface area contributed by atoms with Gasteiger partial charge in [-0.15, -0.1) is 0 Å². The van der Waals surface area contributed by atoms with Gasteiger partial charge in [0.25, 0.3) is 0 Å². The smallest absolute Gasteiger partial charge is 0.323 e. The Morgan fingerprint density at radius 1 is 1.29 bits per heavy atom. The van der Waals surface area contributed by atoms with Crippen LogP contribution < -0.4 is 10.9 Å². The summed E-state index contributed by atoms with van der Waals surface area (Å²) in [6.07, 6.45) is 0.201. The summed E-state index contributed by atoms with van der Waals surface area (Å²) in [6.45, 7) is 0. The summed E-state index contributed by atoms with van der Waals surface area (Å²) >= 11 is 3.86. The first kappa shape index (κ1) is 13.5. The van der Waals surface area contributed by atoms with Crippen molar-refractivity contribution >= 4 is 24.5 Å². The van der Waals surface area contributed by atoms with Crippen molar-refractivity contribution < 1.29 is 14.7 Å². The highest BCUT2D eigenvalue weighted by Crippen LogP contribution is 1.98. The molecule has 1 aromatic rings. The minimum absolute atomic E-state index is 0.0982. The van der Waals surface area contributed by atoms with Gasteiger partial charge < -0.3 is 5.11 Å². The Morgan fingerprint density at radius 2 is 1.94 bits per heavy atom. The normalized spacial score (nSPS) is 11.8. The summed E-state index contributed by atoms with van der Waals surface area (Å²) in [4.78, 5) is 22.1. The number of thiol groups is 1. The van der Waals surface area contributed by atoms with Crippen LogP contribution in [0.1, 0.15) is 5.56 Å². The number of hydrogen-bond donors (Lipinski definition) is 4. The highest BCUT2D eigenvalue weighted by atomic mass is 32.1. The lowest BCUT2D eigenvalue weighted by Crippen LogP contribution is -2.49. The number of carbonyl (C=O) groups excluding carboxylic acids is 1. The van der Waals surface area contributed by atoms with Crippen molar-refractivity contribution in [2.45, 2.75) is 12.5 Å². The van der Waals surface area contributed by atoms with E-state index in [-0.39, 0.29) is 18.1 Å². The van der Waals surface area contributed by atoms with E-state index in [1.165, 1.54) is 0 Å². The maximum absolute atomic E-state index is 11.5. The number of hydrazine groups is 1. The zero-order valence-corrected chi connectivity index (χ0v) is 9.98. The molecule has 92 valence electrons. The lowest BCUT2D eigenvalue weighted by molar-refractivity contribution is -0.139. The quantitative estimate of drug-likeness (QED) is 0.433. The lowest BCUT2D eigenvalue weighted by Gasteiger charge is -2.12. The van der Waals surface area contributed by atoms with Gasteiger partial charge in [-0.05, 0) is 5.56 Å². The van der Waals surface area contributed by atoms with Crippen LogP contribution in [-0.2, 0) is 16.0 Å². The second-order valence-electron chi connectivity index (χ2n) is 3.43. The Hall–Kier alpha value is -1.53. The minimum Gasteiger partial charge on any atom is -0.480 e. The Morgan fingerprint density at radius 3 is 2.47 bits per heavy atom. The number of amides is 1. The van der Waals surface area contributed by atoms with Gasteiger partial charge in [0.1, 0.15) is 6.04 Å². The molecule has 0 spiro atoms. The van der Waals surface area contributed by atoms with E-state index >= 15 is 0 Å². The molecule has 0 radical (unpaired) electrons. The zero-order chi connectivity index (χ0) is 12.7. The van der Waals surface area contributed by atoms with Gasteiger partial charge in [-0.1, -0.05) is 30.3 Å². The Labute approximate surface area is 105 Å². The molecule has 5 nitrogen and oxygen atoms in total. The zero-order valence-electron chi connectivity index (χ0n) is 9.09. The van der Waals surface area contributed by atoms with E-state index in [1.807, 2.05) is 30.3 Å². The van der Waals surface area contributed by atoms with Crippen molar-refractivity contribution in [3.05, 3.63) is 35.9 Å². The molecule has 1 rings (SSSR count). The molecule has 17 heavy (non-hydrogen) atoms. The number of rotatable bonds is 6. The van der Waals surface area contributed by atoms with Gasteiger partial charge in [0.05, 0.1) is 6.42 Å². The molecule has 0 aromatic heterocycles. The molecule has 0 bridgehead atoms. The third-order valence-electron chi connectivity index (χ3n) is 2.07. The fourth-order valence-electron chi connectivity index (χ4n) is 1.18. The molecule has 0 unspecified atom stereocenters. The summed E-state index contributed by atoms with van der Waals surface area (Å²) in [5.41, 5.74) is 5.62. The maximum Gasteiger partial charge on any atom is 0.323 e. The number of carboxylic acid groups (broad SMARTS) is 1. The van der Waals surface area contributed by atoms with Crippen LogP contribution in [-0.4, -0.2) is 28.8 Å². The Bertz CT molecular complexity index is 384. The molecule has 0 saturated heterocycles.